The molecule has 1 fully saturated rings. The summed E-state index contributed by atoms with van der Waals surface area (Å²) in [6.07, 6.45) is 2.97. The van der Waals surface area contributed by atoms with Crippen LogP contribution in [0, 0.1) is 0 Å². The summed E-state index contributed by atoms with van der Waals surface area (Å²) in [6.45, 7) is 4.25. The van der Waals surface area contributed by atoms with Gasteiger partial charge < -0.3 is 10.2 Å². The molecule has 0 aromatic heterocycles. The fraction of sp³-hybridized carbons (Fsp3) is 0.526. The molecule has 4 amide bonds. The highest BCUT2D eigenvalue weighted by atomic mass is 16.2. The average Bonchev–Trinajstić information content (AvgIpc) is 2.80. The third-order valence-corrected chi connectivity index (χ3v) is 4.55. The Morgan fingerprint density at radius 2 is 1.64 bits per heavy atom. The summed E-state index contributed by atoms with van der Waals surface area (Å²) in [5, 5.41) is 2.91. The molecule has 1 N–H and O–H groups in total. The minimum absolute atomic E-state index is 0.0774. The molecule has 0 spiro atoms. The maximum atomic E-state index is 12.9. The number of rotatable bonds is 7. The molecule has 0 atom stereocenters. The molecule has 0 radical (unpaired) electrons. The standard InChI is InChI=1S/C19H27N3O3/c1-5-11-19(12-6-2)17(24)22(18(25)20-19)13-14-7-9-15(10-8-14)16(23)21(3)4/h7-10H,5-6,11-13H2,1-4H3,(H,20,25). The summed E-state index contributed by atoms with van der Waals surface area (Å²) >= 11 is 0. The van der Waals surface area contributed by atoms with E-state index in [2.05, 4.69) is 5.32 Å². The molecule has 1 aliphatic heterocycles. The molecule has 1 saturated heterocycles. The smallest absolute Gasteiger partial charge is 0.325 e. The van der Waals surface area contributed by atoms with Crippen LogP contribution in [-0.4, -0.2) is 47.3 Å². The highest BCUT2D eigenvalue weighted by Gasteiger charge is 2.49. The molecule has 25 heavy (non-hydrogen) atoms. The first kappa shape index (κ1) is 19.0. The zero-order valence-corrected chi connectivity index (χ0v) is 15.5. The molecule has 1 aliphatic rings. The second kappa shape index (κ2) is 7.68. The van der Waals surface area contributed by atoms with Crippen molar-refractivity contribution in [3.05, 3.63) is 35.4 Å². The van der Waals surface area contributed by atoms with Gasteiger partial charge in [-0.1, -0.05) is 38.8 Å². The number of carbonyl (C=O) groups excluding carboxylic acids is 3. The van der Waals surface area contributed by atoms with E-state index in [1.165, 1.54) is 9.80 Å². The highest BCUT2D eigenvalue weighted by molar-refractivity contribution is 6.07. The Kier molecular flexibility index (Phi) is 5.82. The number of carbonyl (C=O) groups is 3. The maximum absolute atomic E-state index is 12.9. The number of urea groups is 1. The summed E-state index contributed by atoms with van der Waals surface area (Å²) in [7, 11) is 3.40. The monoisotopic (exact) mass is 345 g/mol. The van der Waals surface area contributed by atoms with Crippen molar-refractivity contribution >= 4 is 17.8 Å². The molecule has 6 heteroatoms. The Bertz CT molecular complexity index is 646. The van der Waals surface area contributed by atoms with Crippen molar-refractivity contribution in [1.82, 2.24) is 15.1 Å². The van der Waals surface area contributed by atoms with Gasteiger partial charge in [-0.2, -0.15) is 0 Å². The fourth-order valence-electron chi connectivity index (χ4n) is 3.33. The molecule has 1 aromatic carbocycles. The van der Waals surface area contributed by atoms with Crippen LogP contribution in [0.15, 0.2) is 24.3 Å². The lowest BCUT2D eigenvalue weighted by molar-refractivity contribution is -0.132. The average molecular weight is 345 g/mol. The molecule has 0 aliphatic carbocycles. The van der Waals surface area contributed by atoms with E-state index in [1.54, 1.807) is 38.4 Å². The molecule has 136 valence electrons. The number of benzene rings is 1. The van der Waals surface area contributed by atoms with Crippen LogP contribution in [-0.2, 0) is 11.3 Å². The van der Waals surface area contributed by atoms with Crippen LogP contribution in [0.25, 0.3) is 0 Å². The SMILES string of the molecule is CCCC1(CCC)NC(=O)N(Cc2ccc(C(=O)N(C)C)cc2)C1=O. The first-order valence-corrected chi connectivity index (χ1v) is 8.79. The Labute approximate surface area is 149 Å². The number of nitrogens with zero attached hydrogens (tertiary/aromatic N) is 2. The Morgan fingerprint density at radius 1 is 1.08 bits per heavy atom. The Morgan fingerprint density at radius 3 is 2.12 bits per heavy atom. The lowest BCUT2D eigenvalue weighted by Gasteiger charge is -2.25. The van der Waals surface area contributed by atoms with Crippen LogP contribution < -0.4 is 5.32 Å². The minimum Gasteiger partial charge on any atom is -0.345 e. The molecule has 1 aromatic rings. The molecular formula is C19H27N3O3. The summed E-state index contributed by atoms with van der Waals surface area (Å²) < 4.78 is 0. The van der Waals surface area contributed by atoms with E-state index in [1.807, 2.05) is 13.8 Å². The van der Waals surface area contributed by atoms with E-state index in [-0.39, 0.29) is 24.4 Å². The lowest BCUT2D eigenvalue weighted by Crippen LogP contribution is -2.46. The van der Waals surface area contributed by atoms with Crippen molar-refractivity contribution < 1.29 is 14.4 Å². The molecule has 0 saturated carbocycles. The van der Waals surface area contributed by atoms with Crippen molar-refractivity contribution in [3.8, 4) is 0 Å². The van der Waals surface area contributed by atoms with Crippen molar-refractivity contribution in [2.75, 3.05) is 14.1 Å². The molecule has 1 heterocycles. The van der Waals surface area contributed by atoms with Gasteiger partial charge in [0.2, 0.25) is 0 Å². The number of nitrogens with one attached hydrogen (secondary N) is 1. The van der Waals surface area contributed by atoms with Crippen LogP contribution in [0.3, 0.4) is 0 Å². The van der Waals surface area contributed by atoms with Crippen LogP contribution in [0.1, 0.15) is 55.5 Å². The lowest BCUT2D eigenvalue weighted by atomic mass is 9.88. The third kappa shape index (κ3) is 3.83. The van der Waals surface area contributed by atoms with Gasteiger partial charge >= 0.3 is 6.03 Å². The minimum atomic E-state index is -0.762. The Hall–Kier alpha value is -2.37. The van der Waals surface area contributed by atoms with E-state index < -0.39 is 5.54 Å². The predicted molar refractivity (Wildman–Crippen MR) is 96.1 cm³/mol. The van der Waals surface area contributed by atoms with Gasteiger partial charge in [-0.15, -0.1) is 0 Å². The van der Waals surface area contributed by atoms with Crippen LogP contribution in [0.4, 0.5) is 4.79 Å². The number of amides is 4. The molecular weight excluding hydrogens is 318 g/mol. The van der Waals surface area contributed by atoms with E-state index in [0.29, 0.717) is 18.4 Å². The van der Waals surface area contributed by atoms with Crippen LogP contribution in [0.2, 0.25) is 0 Å². The fourth-order valence-corrected chi connectivity index (χ4v) is 3.33. The second-order valence-electron chi connectivity index (χ2n) is 6.80. The number of hydrogen-bond acceptors (Lipinski definition) is 3. The third-order valence-electron chi connectivity index (χ3n) is 4.55. The summed E-state index contributed by atoms with van der Waals surface area (Å²) in [6, 6.07) is 6.69. The Balaban J connectivity index is 2.15. The maximum Gasteiger partial charge on any atom is 0.325 e. The van der Waals surface area contributed by atoms with E-state index in [4.69, 9.17) is 0 Å². The van der Waals surface area contributed by atoms with Crippen molar-refractivity contribution in [1.29, 1.82) is 0 Å². The van der Waals surface area contributed by atoms with Gasteiger partial charge in [0.1, 0.15) is 5.54 Å². The summed E-state index contributed by atoms with van der Waals surface area (Å²) in [5.41, 5.74) is 0.640. The molecule has 0 unspecified atom stereocenters. The van der Waals surface area contributed by atoms with Gasteiger partial charge in [-0.3, -0.25) is 14.5 Å². The van der Waals surface area contributed by atoms with Gasteiger partial charge in [0.25, 0.3) is 11.8 Å². The van der Waals surface area contributed by atoms with Crippen molar-refractivity contribution in [2.24, 2.45) is 0 Å². The zero-order chi connectivity index (χ0) is 18.6. The predicted octanol–water partition coefficient (Wildman–Crippen LogP) is 2.78. The zero-order valence-electron chi connectivity index (χ0n) is 15.5. The molecule has 2 rings (SSSR count). The molecule has 0 bridgehead atoms. The number of imide groups is 1. The largest absolute Gasteiger partial charge is 0.345 e. The second-order valence-corrected chi connectivity index (χ2v) is 6.80. The van der Waals surface area contributed by atoms with Crippen LogP contribution in [0.5, 0.6) is 0 Å². The highest BCUT2D eigenvalue weighted by Crippen LogP contribution is 2.29. The van der Waals surface area contributed by atoms with Crippen LogP contribution >= 0.6 is 0 Å². The van der Waals surface area contributed by atoms with Gasteiger partial charge in [0.15, 0.2) is 0 Å². The van der Waals surface area contributed by atoms with Crippen molar-refractivity contribution in [3.63, 3.8) is 0 Å². The number of hydrogen-bond donors (Lipinski definition) is 1. The van der Waals surface area contributed by atoms with Gasteiger partial charge in [0.05, 0.1) is 6.54 Å². The van der Waals surface area contributed by atoms with Crippen molar-refractivity contribution in [2.45, 2.75) is 51.6 Å². The quantitative estimate of drug-likeness (QED) is 0.773. The van der Waals surface area contributed by atoms with E-state index in [9.17, 15) is 14.4 Å². The first-order valence-electron chi connectivity index (χ1n) is 8.79. The van der Waals surface area contributed by atoms with E-state index >= 15 is 0 Å². The first-order chi connectivity index (χ1) is 11.8. The summed E-state index contributed by atoms with van der Waals surface area (Å²) in [4.78, 5) is 39.9. The van der Waals surface area contributed by atoms with Gasteiger partial charge in [-0.05, 0) is 30.5 Å². The van der Waals surface area contributed by atoms with E-state index in [0.717, 1.165) is 18.4 Å². The molecule has 6 nitrogen and oxygen atoms in total. The van der Waals surface area contributed by atoms with Gasteiger partial charge in [0, 0.05) is 19.7 Å². The topological polar surface area (TPSA) is 69.7 Å². The van der Waals surface area contributed by atoms with Gasteiger partial charge in [-0.25, -0.2) is 4.79 Å². The summed E-state index contributed by atoms with van der Waals surface area (Å²) in [5.74, 6) is -0.221. The normalized spacial score (nSPS) is 16.1.